The summed E-state index contributed by atoms with van der Waals surface area (Å²) < 4.78 is 4.97. The molecule has 0 aromatic carbocycles. The van der Waals surface area contributed by atoms with E-state index in [1.165, 1.54) is 11.3 Å². The van der Waals surface area contributed by atoms with Crippen LogP contribution in [0.25, 0.3) is 10.8 Å². The Labute approximate surface area is 84.4 Å². The monoisotopic (exact) mass is 211 g/mol. The molecule has 0 aliphatic carbocycles. The van der Waals surface area contributed by atoms with Crippen LogP contribution in [0.15, 0.2) is 10.7 Å². The number of rotatable bonds is 2. The van der Waals surface area contributed by atoms with Gasteiger partial charge < -0.3 is 9.63 Å². The van der Waals surface area contributed by atoms with Crippen LogP contribution in [0.2, 0.25) is 0 Å². The van der Waals surface area contributed by atoms with Gasteiger partial charge in [0.15, 0.2) is 5.82 Å². The Hall–Kier alpha value is -1.27. The maximum Gasteiger partial charge on any atom is 0.269 e. The molecule has 14 heavy (non-hydrogen) atoms. The first kappa shape index (κ1) is 9.29. The molecule has 0 aliphatic heterocycles. The number of thiazole rings is 1. The van der Waals surface area contributed by atoms with Crippen LogP contribution in [-0.2, 0) is 0 Å². The van der Waals surface area contributed by atoms with Gasteiger partial charge in [-0.2, -0.15) is 4.98 Å². The Morgan fingerprint density at radius 3 is 2.86 bits per heavy atom. The van der Waals surface area contributed by atoms with Gasteiger partial charge >= 0.3 is 0 Å². The second-order valence-electron chi connectivity index (χ2n) is 2.88. The standard InChI is InChI=1S/C8H9N3O2S/c1-4(12)7-10-8(13-11-7)6-3-9-5(2)14-6/h3-4,12H,1-2H3. The van der Waals surface area contributed by atoms with Gasteiger partial charge in [-0.15, -0.1) is 11.3 Å². The molecule has 2 aromatic heterocycles. The molecule has 5 nitrogen and oxygen atoms in total. The van der Waals surface area contributed by atoms with E-state index in [0.29, 0.717) is 11.7 Å². The highest BCUT2D eigenvalue weighted by atomic mass is 32.1. The van der Waals surface area contributed by atoms with Crippen molar-refractivity contribution in [3.63, 3.8) is 0 Å². The first-order chi connectivity index (χ1) is 6.66. The lowest BCUT2D eigenvalue weighted by Gasteiger charge is -1.91. The normalized spacial score (nSPS) is 13.1. The second kappa shape index (κ2) is 3.47. The van der Waals surface area contributed by atoms with Crippen molar-refractivity contribution in [3.05, 3.63) is 17.0 Å². The van der Waals surface area contributed by atoms with E-state index in [9.17, 15) is 5.11 Å². The van der Waals surface area contributed by atoms with Crippen LogP contribution in [0.3, 0.4) is 0 Å². The molecule has 2 rings (SSSR count). The first-order valence-corrected chi connectivity index (χ1v) is 4.93. The summed E-state index contributed by atoms with van der Waals surface area (Å²) in [6.07, 6.45) is 0.973. The molecule has 2 aromatic rings. The molecule has 1 atom stereocenters. The topological polar surface area (TPSA) is 72.0 Å². The molecule has 0 saturated carbocycles. The Bertz CT molecular complexity index is 435. The Morgan fingerprint density at radius 2 is 2.36 bits per heavy atom. The predicted octanol–water partition coefficient (Wildman–Crippen LogP) is 1.55. The van der Waals surface area contributed by atoms with Crippen LogP contribution < -0.4 is 0 Å². The van der Waals surface area contributed by atoms with Crippen molar-refractivity contribution in [1.29, 1.82) is 0 Å². The fourth-order valence-electron chi connectivity index (χ4n) is 0.965. The summed E-state index contributed by atoms with van der Waals surface area (Å²) in [6, 6.07) is 0. The molecule has 1 unspecified atom stereocenters. The van der Waals surface area contributed by atoms with E-state index < -0.39 is 6.10 Å². The molecular weight excluding hydrogens is 202 g/mol. The van der Waals surface area contributed by atoms with Gasteiger partial charge in [-0.3, -0.25) is 0 Å². The van der Waals surface area contributed by atoms with E-state index in [4.69, 9.17) is 4.52 Å². The minimum Gasteiger partial charge on any atom is -0.385 e. The van der Waals surface area contributed by atoms with Gasteiger partial charge in [-0.25, -0.2) is 4.98 Å². The second-order valence-corrected chi connectivity index (χ2v) is 4.11. The predicted molar refractivity (Wildman–Crippen MR) is 50.8 cm³/mol. The van der Waals surface area contributed by atoms with Crippen molar-refractivity contribution in [3.8, 4) is 10.8 Å². The smallest absolute Gasteiger partial charge is 0.269 e. The van der Waals surface area contributed by atoms with Crippen molar-refractivity contribution in [2.75, 3.05) is 0 Å². The van der Waals surface area contributed by atoms with Gasteiger partial charge in [0.05, 0.1) is 11.2 Å². The largest absolute Gasteiger partial charge is 0.385 e. The quantitative estimate of drug-likeness (QED) is 0.816. The third kappa shape index (κ3) is 1.66. The zero-order valence-corrected chi connectivity index (χ0v) is 8.58. The van der Waals surface area contributed by atoms with E-state index in [2.05, 4.69) is 15.1 Å². The number of aryl methyl sites for hydroxylation is 1. The molecule has 0 amide bonds. The minimum atomic E-state index is -0.707. The fraction of sp³-hybridized carbons (Fsp3) is 0.375. The SMILES string of the molecule is Cc1ncc(-c2nc(C(C)O)no2)s1. The summed E-state index contributed by atoms with van der Waals surface area (Å²) in [6.45, 7) is 3.49. The van der Waals surface area contributed by atoms with Gasteiger partial charge in [-0.05, 0) is 13.8 Å². The van der Waals surface area contributed by atoms with Crippen LogP contribution in [0, 0.1) is 6.92 Å². The van der Waals surface area contributed by atoms with Gasteiger partial charge in [0.25, 0.3) is 5.89 Å². The highest BCUT2D eigenvalue weighted by Gasteiger charge is 2.13. The molecule has 6 heteroatoms. The summed E-state index contributed by atoms with van der Waals surface area (Å²) in [5.74, 6) is 0.706. The van der Waals surface area contributed by atoms with Gasteiger partial charge in [0.2, 0.25) is 0 Å². The maximum absolute atomic E-state index is 9.19. The number of nitrogens with zero attached hydrogens (tertiary/aromatic N) is 3. The maximum atomic E-state index is 9.19. The summed E-state index contributed by atoms with van der Waals surface area (Å²) in [7, 11) is 0. The molecular formula is C8H9N3O2S. The van der Waals surface area contributed by atoms with E-state index in [-0.39, 0.29) is 0 Å². The lowest BCUT2D eigenvalue weighted by Crippen LogP contribution is -1.92. The highest BCUT2D eigenvalue weighted by Crippen LogP contribution is 2.24. The van der Waals surface area contributed by atoms with E-state index in [1.54, 1.807) is 13.1 Å². The number of aromatic nitrogens is 3. The summed E-state index contributed by atoms with van der Waals surface area (Å²) in [4.78, 5) is 8.93. The number of aliphatic hydroxyl groups excluding tert-OH is 1. The van der Waals surface area contributed by atoms with Gasteiger partial charge in [-0.1, -0.05) is 5.16 Å². The molecule has 0 fully saturated rings. The highest BCUT2D eigenvalue weighted by molar-refractivity contribution is 7.14. The molecule has 0 spiro atoms. The number of aliphatic hydroxyl groups is 1. The molecule has 1 N–H and O–H groups in total. The molecule has 0 saturated heterocycles. The Morgan fingerprint density at radius 1 is 1.57 bits per heavy atom. The van der Waals surface area contributed by atoms with Crippen molar-refractivity contribution in [1.82, 2.24) is 15.1 Å². The van der Waals surface area contributed by atoms with Crippen molar-refractivity contribution < 1.29 is 9.63 Å². The van der Waals surface area contributed by atoms with Crippen molar-refractivity contribution >= 4 is 11.3 Å². The van der Waals surface area contributed by atoms with Crippen LogP contribution in [0.5, 0.6) is 0 Å². The average Bonchev–Trinajstić information content (AvgIpc) is 2.70. The van der Waals surface area contributed by atoms with Crippen LogP contribution in [0.1, 0.15) is 23.9 Å². The third-order valence-electron chi connectivity index (χ3n) is 1.65. The van der Waals surface area contributed by atoms with Crippen molar-refractivity contribution in [2.24, 2.45) is 0 Å². The van der Waals surface area contributed by atoms with Gasteiger partial charge in [0.1, 0.15) is 11.0 Å². The summed E-state index contributed by atoms with van der Waals surface area (Å²) >= 11 is 1.48. The summed E-state index contributed by atoms with van der Waals surface area (Å²) in [5.41, 5.74) is 0. The van der Waals surface area contributed by atoms with Crippen LogP contribution >= 0.6 is 11.3 Å². The molecule has 74 valence electrons. The van der Waals surface area contributed by atoms with Crippen LogP contribution in [0.4, 0.5) is 0 Å². The fourth-order valence-corrected chi connectivity index (χ4v) is 1.66. The third-order valence-corrected chi connectivity index (χ3v) is 2.55. The summed E-state index contributed by atoms with van der Waals surface area (Å²) in [5, 5.41) is 13.8. The Kier molecular flexibility index (Phi) is 2.30. The number of hydrogen-bond donors (Lipinski definition) is 1. The van der Waals surface area contributed by atoms with E-state index in [0.717, 1.165) is 9.88 Å². The van der Waals surface area contributed by atoms with E-state index in [1.807, 2.05) is 6.92 Å². The first-order valence-electron chi connectivity index (χ1n) is 4.11. The molecule has 0 bridgehead atoms. The van der Waals surface area contributed by atoms with Gasteiger partial charge in [0, 0.05) is 0 Å². The lowest BCUT2D eigenvalue weighted by atomic mass is 10.4. The van der Waals surface area contributed by atoms with Crippen LogP contribution in [-0.4, -0.2) is 20.2 Å². The zero-order chi connectivity index (χ0) is 10.1. The van der Waals surface area contributed by atoms with E-state index >= 15 is 0 Å². The lowest BCUT2D eigenvalue weighted by molar-refractivity contribution is 0.184. The molecule has 0 radical (unpaired) electrons. The molecule has 2 heterocycles. The van der Waals surface area contributed by atoms with Crippen molar-refractivity contribution in [2.45, 2.75) is 20.0 Å². The minimum absolute atomic E-state index is 0.297. The zero-order valence-electron chi connectivity index (χ0n) is 7.76. The molecule has 0 aliphatic rings. The number of hydrogen-bond acceptors (Lipinski definition) is 6. The average molecular weight is 211 g/mol. The Balaban J connectivity index is 2.33.